The van der Waals surface area contributed by atoms with Gasteiger partial charge in [-0.3, -0.25) is 4.79 Å². The van der Waals surface area contributed by atoms with Crippen LogP contribution in [0.2, 0.25) is 0 Å². The molecular weight excluding hydrogens is 262 g/mol. The zero-order valence-electron chi connectivity index (χ0n) is 7.95. The molecule has 0 radical (unpaired) electrons. The van der Waals surface area contributed by atoms with Crippen LogP contribution in [0.5, 0.6) is 5.75 Å². The second-order valence-corrected chi connectivity index (χ2v) is 3.73. The Hall–Kier alpha value is -1.54. The van der Waals surface area contributed by atoms with Gasteiger partial charge in [-0.2, -0.15) is 5.26 Å². The van der Waals surface area contributed by atoms with Gasteiger partial charge in [0.25, 0.3) is 0 Å². The van der Waals surface area contributed by atoms with E-state index in [2.05, 4.69) is 20.7 Å². The third kappa shape index (κ3) is 2.70. The van der Waals surface area contributed by atoms with E-state index in [-0.39, 0.29) is 23.3 Å². The standard InChI is InChI=1S/C10H8BrNO3/c1-15-10(14)4-8-6(5-12)2-7(11)3-9(8)13/h2-3,13H,4H2,1H3. The lowest BCUT2D eigenvalue weighted by Crippen LogP contribution is -2.06. The van der Waals surface area contributed by atoms with Crippen molar-refractivity contribution < 1.29 is 14.6 Å². The smallest absolute Gasteiger partial charge is 0.310 e. The summed E-state index contributed by atoms with van der Waals surface area (Å²) in [6, 6.07) is 4.88. The van der Waals surface area contributed by atoms with E-state index in [0.717, 1.165) is 0 Å². The summed E-state index contributed by atoms with van der Waals surface area (Å²) in [6.45, 7) is 0. The number of ether oxygens (including phenoxy) is 1. The van der Waals surface area contributed by atoms with Crippen molar-refractivity contribution in [2.75, 3.05) is 7.11 Å². The molecule has 15 heavy (non-hydrogen) atoms. The summed E-state index contributed by atoms with van der Waals surface area (Å²) in [7, 11) is 1.25. The van der Waals surface area contributed by atoms with Crippen molar-refractivity contribution in [1.29, 1.82) is 5.26 Å². The lowest BCUT2D eigenvalue weighted by molar-refractivity contribution is -0.139. The van der Waals surface area contributed by atoms with Gasteiger partial charge in [0.1, 0.15) is 5.75 Å². The van der Waals surface area contributed by atoms with Crippen LogP contribution in [0, 0.1) is 11.3 Å². The van der Waals surface area contributed by atoms with Crippen molar-refractivity contribution in [3.8, 4) is 11.8 Å². The molecule has 0 saturated heterocycles. The predicted octanol–water partition coefficient (Wildman–Crippen LogP) is 1.74. The van der Waals surface area contributed by atoms with E-state index in [1.165, 1.54) is 19.2 Å². The first-order chi connectivity index (χ1) is 7.08. The second-order valence-electron chi connectivity index (χ2n) is 2.82. The molecule has 5 heteroatoms. The SMILES string of the molecule is COC(=O)Cc1c(O)cc(Br)cc1C#N. The van der Waals surface area contributed by atoms with E-state index in [9.17, 15) is 9.90 Å². The van der Waals surface area contributed by atoms with Crippen LogP contribution in [-0.4, -0.2) is 18.2 Å². The Morgan fingerprint density at radius 3 is 2.87 bits per heavy atom. The average Bonchev–Trinajstić information content (AvgIpc) is 2.21. The first-order valence-corrected chi connectivity index (χ1v) is 4.86. The van der Waals surface area contributed by atoms with Crippen molar-refractivity contribution in [2.45, 2.75) is 6.42 Å². The van der Waals surface area contributed by atoms with Gasteiger partial charge in [-0.25, -0.2) is 0 Å². The Morgan fingerprint density at radius 2 is 2.33 bits per heavy atom. The maximum Gasteiger partial charge on any atom is 0.310 e. The molecule has 0 aliphatic heterocycles. The lowest BCUT2D eigenvalue weighted by Gasteiger charge is -2.06. The molecule has 0 heterocycles. The summed E-state index contributed by atoms with van der Waals surface area (Å²) < 4.78 is 5.06. The third-order valence-electron chi connectivity index (χ3n) is 1.86. The lowest BCUT2D eigenvalue weighted by atomic mass is 10.0. The highest BCUT2D eigenvalue weighted by Gasteiger charge is 2.13. The number of aromatic hydroxyl groups is 1. The van der Waals surface area contributed by atoms with Crippen LogP contribution in [0.1, 0.15) is 11.1 Å². The Balaban J connectivity index is 3.17. The van der Waals surface area contributed by atoms with Crippen LogP contribution in [0.3, 0.4) is 0 Å². The topological polar surface area (TPSA) is 70.3 Å². The van der Waals surface area contributed by atoms with Crippen LogP contribution in [-0.2, 0) is 16.0 Å². The zero-order chi connectivity index (χ0) is 11.4. The van der Waals surface area contributed by atoms with Crippen LogP contribution in [0.25, 0.3) is 0 Å². The minimum absolute atomic E-state index is 0.0914. The molecule has 0 amide bonds. The number of hydrogen-bond acceptors (Lipinski definition) is 4. The van der Waals surface area contributed by atoms with E-state index in [0.29, 0.717) is 4.47 Å². The number of nitrogens with zero attached hydrogens (tertiary/aromatic N) is 1. The van der Waals surface area contributed by atoms with E-state index < -0.39 is 5.97 Å². The van der Waals surface area contributed by atoms with Gasteiger partial charge in [0.05, 0.1) is 25.2 Å². The van der Waals surface area contributed by atoms with Gasteiger partial charge in [-0.15, -0.1) is 0 Å². The second kappa shape index (κ2) is 4.80. The van der Waals surface area contributed by atoms with Gasteiger partial charge in [0.2, 0.25) is 0 Å². The molecule has 0 bridgehead atoms. The number of hydrogen-bond donors (Lipinski definition) is 1. The summed E-state index contributed by atoms with van der Waals surface area (Å²) >= 11 is 3.14. The number of nitriles is 1. The maximum absolute atomic E-state index is 11.0. The number of phenolic OH excluding ortho intramolecular Hbond substituents is 1. The molecule has 0 aliphatic carbocycles. The van der Waals surface area contributed by atoms with Gasteiger partial charge >= 0.3 is 5.97 Å². The van der Waals surface area contributed by atoms with Gasteiger partial charge in [0, 0.05) is 10.0 Å². The predicted molar refractivity (Wildman–Crippen MR) is 56.2 cm³/mol. The summed E-state index contributed by atoms with van der Waals surface area (Å²) in [6.07, 6.45) is -0.113. The summed E-state index contributed by atoms with van der Waals surface area (Å²) in [5.74, 6) is -0.588. The molecule has 0 aromatic heterocycles. The minimum atomic E-state index is -0.496. The number of methoxy groups -OCH3 is 1. The highest BCUT2D eigenvalue weighted by atomic mass is 79.9. The van der Waals surface area contributed by atoms with Crippen molar-refractivity contribution >= 4 is 21.9 Å². The normalized spacial score (nSPS) is 9.40. The number of halogens is 1. The highest BCUT2D eigenvalue weighted by molar-refractivity contribution is 9.10. The minimum Gasteiger partial charge on any atom is -0.508 e. The molecule has 0 atom stereocenters. The fourth-order valence-electron chi connectivity index (χ4n) is 1.12. The van der Waals surface area contributed by atoms with Crippen LogP contribution < -0.4 is 0 Å². The van der Waals surface area contributed by atoms with E-state index in [4.69, 9.17) is 5.26 Å². The van der Waals surface area contributed by atoms with E-state index >= 15 is 0 Å². The quantitative estimate of drug-likeness (QED) is 0.831. The Bertz CT molecular complexity index is 437. The molecule has 1 aromatic carbocycles. The van der Waals surface area contributed by atoms with E-state index in [1.54, 1.807) is 0 Å². The Labute approximate surface area is 95.2 Å². The highest BCUT2D eigenvalue weighted by Crippen LogP contribution is 2.26. The van der Waals surface area contributed by atoms with Crippen LogP contribution >= 0.6 is 15.9 Å². The molecular formula is C10H8BrNO3. The van der Waals surface area contributed by atoms with Gasteiger partial charge in [-0.1, -0.05) is 15.9 Å². The first-order valence-electron chi connectivity index (χ1n) is 4.06. The van der Waals surface area contributed by atoms with Crippen molar-refractivity contribution in [3.05, 3.63) is 27.7 Å². The van der Waals surface area contributed by atoms with Crippen LogP contribution in [0.15, 0.2) is 16.6 Å². The average molecular weight is 270 g/mol. The number of phenols is 1. The Kier molecular flexibility index (Phi) is 3.69. The largest absolute Gasteiger partial charge is 0.508 e. The number of carbonyl (C=O) groups is 1. The molecule has 1 rings (SSSR count). The summed E-state index contributed by atoms with van der Waals surface area (Å²) in [4.78, 5) is 11.0. The number of carbonyl (C=O) groups excluding carboxylic acids is 1. The molecule has 0 spiro atoms. The first kappa shape index (κ1) is 11.5. The summed E-state index contributed by atoms with van der Waals surface area (Å²) in [5.41, 5.74) is 0.542. The van der Waals surface area contributed by atoms with Crippen molar-refractivity contribution in [1.82, 2.24) is 0 Å². The fourth-order valence-corrected chi connectivity index (χ4v) is 1.57. The summed E-state index contributed by atoms with van der Waals surface area (Å²) in [5, 5.41) is 18.4. The Morgan fingerprint density at radius 1 is 1.67 bits per heavy atom. The van der Waals surface area contributed by atoms with E-state index in [1.807, 2.05) is 6.07 Å². The maximum atomic E-state index is 11.0. The molecule has 0 fully saturated rings. The molecule has 1 N–H and O–H groups in total. The molecule has 0 aliphatic rings. The number of rotatable bonds is 2. The number of esters is 1. The van der Waals surface area contributed by atoms with Crippen molar-refractivity contribution in [3.63, 3.8) is 0 Å². The number of benzene rings is 1. The molecule has 78 valence electrons. The third-order valence-corrected chi connectivity index (χ3v) is 2.32. The van der Waals surface area contributed by atoms with Crippen molar-refractivity contribution in [2.24, 2.45) is 0 Å². The molecule has 0 unspecified atom stereocenters. The van der Waals surface area contributed by atoms with Gasteiger partial charge < -0.3 is 9.84 Å². The molecule has 1 aromatic rings. The molecule has 0 saturated carbocycles. The monoisotopic (exact) mass is 269 g/mol. The zero-order valence-corrected chi connectivity index (χ0v) is 9.54. The molecule has 4 nitrogen and oxygen atoms in total. The van der Waals surface area contributed by atoms with Crippen LogP contribution in [0.4, 0.5) is 0 Å². The van der Waals surface area contributed by atoms with Gasteiger partial charge in [0.15, 0.2) is 0 Å². The fraction of sp³-hybridized carbons (Fsp3) is 0.200. The van der Waals surface area contributed by atoms with Gasteiger partial charge in [-0.05, 0) is 12.1 Å².